The summed E-state index contributed by atoms with van der Waals surface area (Å²) in [5.41, 5.74) is -1.28. The number of carboxylic acids is 2. The number of hydrogen-bond donors (Lipinski definition) is 0. The van der Waals surface area contributed by atoms with Crippen LogP contribution in [-0.2, 0) is 9.59 Å². The van der Waals surface area contributed by atoms with Crippen molar-refractivity contribution < 1.29 is 24.6 Å². The first-order valence-corrected chi connectivity index (χ1v) is 9.40. The Morgan fingerprint density at radius 3 is 2.15 bits per heavy atom. The highest BCUT2D eigenvalue weighted by molar-refractivity contribution is 6.02. The monoisotopic (exact) mass is 372 g/mol. The Morgan fingerprint density at radius 1 is 1.11 bits per heavy atom. The van der Waals surface area contributed by atoms with E-state index in [0.29, 0.717) is 12.0 Å². The second-order valence-corrected chi connectivity index (χ2v) is 7.22. The van der Waals surface area contributed by atoms with Crippen LogP contribution >= 0.6 is 0 Å². The molecule has 1 aromatic carbocycles. The van der Waals surface area contributed by atoms with Crippen LogP contribution in [0.25, 0.3) is 0 Å². The van der Waals surface area contributed by atoms with E-state index in [0.717, 1.165) is 24.8 Å². The van der Waals surface area contributed by atoms with Crippen LogP contribution < -0.4 is 10.2 Å². The third kappa shape index (κ3) is 5.78. The zero-order chi connectivity index (χ0) is 20.6. The molecule has 0 aliphatic rings. The fourth-order valence-corrected chi connectivity index (χ4v) is 3.33. The maximum atomic E-state index is 12.7. The number of carbonyl (C=O) groups is 3. The SMILES string of the molecule is C=C(C(=O)[O-])C(CC(=O)c1ccc(C)cc1)(CC(CC)CCCC)C(=O)[O-]. The van der Waals surface area contributed by atoms with Gasteiger partial charge < -0.3 is 19.8 Å². The van der Waals surface area contributed by atoms with Crippen molar-refractivity contribution in [2.24, 2.45) is 11.3 Å². The van der Waals surface area contributed by atoms with Crippen LogP contribution in [0, 0.1) is 18.3 Å². The second kappa shape index (κ2) is 10.0. The number of hydrogen-bond acceptors (Lipinski definition) is 5. The number of benzene rings is 1. The summed E-state index contributed by atoms with van der Waals surface area (Å²) < 4.78 is 0. The van der Waals surface area contributed by atoms with Gasteiger partial charge in [-0.05, 0) is 24.8 Å². The fraction of sp³-hybridized carbons (Fsp3) is 0.500. The minimum Gasteiger partial charge on any atom is -0.549 e. The molecule has 0 bridgehead atoms. The first-order chi connectivity index (χ1) is 12.7. The zero-order valence-electron chi connectivity index (χ0n) is 16.4. The molecule has 2 unspecified atom stereocenters. The molecule has 0 saturated carbocycles. The van der Waals surface area contributed by atoms with E-state index < -0.39 is 35.1 Å². The largest absolute Gasteiger partial charge is 0.549 e. The fourth-order valence-electron chi connectivity index (χ4n) is 3.33. The Balaban J connectivity index is 3.27. The van der Waals surface area contributed by atoms with Crippen molar-refractivity contribution >= 4 is 17.7 Å². The van der Waals surface area contributed by atoms with E-state index in [1.807, 2.05) is 20.8 Å². The quantitative estimate of drug-likeness (QED) is 0.414. The molecule has 0 spiro atoms. The lowest BCUT2D eigenvalue weighted by Gasteiger charge is -2.39. The normalized spacial score (nSPS) is 14.2. The van der Waals surface area contributed by atoms with Gasteiger partial charge in [-0.1, -0.05) is 75.9 Å². The minimum absolute atomic E-state index is 0.00372. The third-order valence-electron chi connectivity index (χ3n) is 5.23. The standard InChI is InChI=1S/C22H30O5/c1-5-7-8-17(6-2)13-22(21(26)27,16(4)20(24)25)14-19(23)18-11-9-15(3)10-12-18/h9-12,17H,4-8,13-14H2,1-3H3,(H,24,25)(H,26,27)/p-2. The van der Waals surface area contributed by atoms with E-state index in [2.05, 4.69) is 6.58 Å². The maximum absolute atomic E-state index is 12.7. The smallest absolute Gasteiger partial charge is 0.164 e. The van der Waals surface area contributed by atoms with Gasteiger partial charge in [0.2, 0.25) is 0 Å². The summed E-state index contributed by atoms with van der Waals surface area (Å²) >= 11 is 0. The summed E-state index contributed by atoms with van der Waals surface area (Å²) in [6.45, 7) is 9.26. The van der Waals surface area contributed by atoms with Crippen LogP contribution in [-0.4, -0.2) is 17.7 Å². The number of rotatable bonds is 12. The number of unbranched alkanes of at least 4 members (excludes halogenated alkanes) is 1. The third-order valence-corrected chi connectivity index (χ3v) is 5.23. The van der Waals surface area contributed by atoms with Gasteiger partial charge in [0, 0.05) is 17.4 Å². The van der Waals surface area contributed by atoms with Crippen LogP contribution in [0.15, 0.2) is 36.4 Å². The highest BCUT2D eigenvalue weighted by atomic mass is 16.4. The van der Waals surface area contributed by atoms with Gasteiger partial charge in [0.15, 0.2) is 5.78 Å². The highest BCUT2D eigenvalue weighted by Crippen LogP contribution is 2.40. The molecule has 1 rings (SSSR count). The lowest BCUT2D eigenvalue weighted by Crippen LogP contribution is -2.49. The molecule has 0 aromatic heterocycles. The van der Waals surface area contributed by atoms with Crippen molar-refractivity contribution in [1.82, 2.24) is 0 Å². The van der Waals surface area contributed by atoms with Crippen LogP contribution in [0.5, 0.6) is 0 Å². The lowest BCUT2D eigenvalue weighted by atomic mass is 9.68. The molecule has 1 aromatic rings. The van der Waals surface area contributed by atoms with Crippen molar-refractivity contribution in [3.63, 3.8) is 0 Å². The predicted octanol–water partition coefficient (Wildman–Crippen LogP) is 2.22. The molecule has 0 heterocycles. The minimum atomic E-state index is -1.98. The molecule has 0 N–H and O–H groups in total. The van der Waals surface area contributed by atoms with Crippen LogP contribution in [0.1, 0.15) is 68.3 Å². The lowest BCUT2D eigenvalue weighted by molar-refractivity contribution is -0.322. The maximum Gasteiger partial charge on any atom is 0.164 e. The summed E-state index contributed by atoms with van der Waals surface area (Å²) in [6.07, 6.45) is 2.75. The van der Waals surface area contributed by atoms with E-state index in [-0.39, 0.29) is 12.3 Å². The Labute approximate surface area is 161 Å². The highest BCUT2D eigenvalue weighted by Gasteiger charge is 2.39. The van der Waals surface area contributed by atoms with Crippen LogP contribution in [0.2, 0.25) is 0 Å². The number of carbonyl (C=O) groups excluding carboxylic acids is 3. The van der Waals surface area contributed by atoms with Gasteiger partial charge in [0.1, 0.15) is 0 Å². The van der Waals surface area contributed by atoms with Gasteiger partial charge in [-0.15, -0.1) is 0 Å². The van der Waals surface area contributed by atoms with Crippen LogP contribution in [0.3, 0.4) is 0 Å². The van der Waals surface area contributed by atoms with E-state index in [4.69, 9.17) is 0 Å². The van der Waals surface area contributed by atoms with Gasteiger partial charge in [0.05, 0.1) is 11.9 Å². The molecule has 27 heavy (non-hydrogen) atoms. The molecule has 0 radical (unpaired) electrons. The van der Waals surface area contributed by atoms with Gasteiger partial charge in [-0.3, -0.25) is 4.79 Å². The molecule has 0 aliphatic heterocycles. The second-order valence-electron chi connectivity index (χ2n) is 7.22. The van der Waals surface area contributed by atoms with Gasteiger partial charge >= 0.3 is 0 Å². The first-order valence-electron chi connectivity index (χ1n) is 9.40. The molecule has 0 aliphatic carbocycles. The Bertz CT molecular complexity index is 689. The summed E-state index contributed by atoms with van der Waals surface area (Å²) in [6, 6.07) is 6.71. The van der Waals surface area contributed by atoms with Gasteiger partial charge in [0.25, 0.3) is 0 Å². The van der Waals surface area contributed by atoms with Crippen molar-refractivity contribution in [1.29, 1.82) is 0 Å². The van der Waals surface area contributed by atoms with E-state index in [1.54, 1.807) is 24.3 Å². The number of aliphatic carboxylic acids is 2. The van der Waals surface area contributed by atoms with Crippen molar-refractivity contribution in [3.8, 4) is 0 Å². The first kappa shape index (κ1) is 22.6. The van der Waals surface area contributed by atoms with E-state index in [9.17, 15) is 24.6 Å². The van der Waals surface area contributed by atoms with Crippen molar-refractivity contribution in [2.75, 3.05) is 0 Å². The molecule has 0 fully saturated rings. The average molecular weight is 372 g/mol. The summed E-state index contributed by atoms with van der Waals surface area (Å²) in [5, 5.41) is 23.6. The molecule has 2 atom stereocenters. The van der Waals surface area contributed by atoms with Gasteiger partial charge in [-0.2, -0.15) is 0 Å². The molecule has 0 amide bonds. The molecule has 148 valence electrons. The number of Topliss-reactive ketones (excluding diaryl/α,β-unsaturated/α-hetero) is 1. The number of carboxylic acid groups (broad SMARTS) is 2. The summed E-state index contributed by atoms with van der Waals surface area (Å²) in [5.74, 6) is -3.76. The van der Waals surface area contributed by atoms with E-state index >= 15 is 0 Å². The Hall–Kier alpha value is -2.43. The molecular weight excluding hydrogens is 344 g/mol. The summed E-state index contributed by atoms with van der Waals surface area (Å²) in [7, 11) is 0. The summed E-state index contributed by atoms with van der Waals surface area (Å²) in [4.78, 5) is 36.3. The van der Waals surface area contributed by atoms with Gasteiger partial charge in [-0.25, -0.2) is 0 Å². The predicted molar refractivity (Wildman–Crippen MR) is 99.6 cm³/mol. The number of aryl methyl sites for hydroxylation is 1. The number of ketones is 1. The molecule has 0 saturated heterocycles. The Morgan fingerprint density at radius 2 is 1.70 bits per heavy atom. The molecule has 5 nitrogen and oxygen atoms in total. The topological polar surface area (TPSA) is 97.3 Å². The zero-order valence-corrected chi connectivity index (χ0v) is 16.4. The van der Waals surface area contributed by atoms with E-state index in [1.165, 1.54) is 0 Å². The molecule has 5 heteroatoms. The average Bonchev–Trinajstić information content (AvgIpc) is 2.63. The van der Waals surface area contributed by atoms with Crippen LogP contribution in [0.4, 0.5) is 0 Å². The molecular formula is C22H28O5-2. The van der Waals surface area contributed by atoms with Crippen molar-refractivity contribution in [3.05, 3.63) is 47.5 Å². The van der Waals surface area contributed by atoms with Crippen molar-refractivity contribution in [2.45, 2.75) is 59.3 Å². The Kier molecular flexibility index (Phi) is 8.41.